The monoisotopic (exact) mass is 347 g/mol. The Morgan fingerprint density at radius 2 is 1.85 bits per heavy atom. The number of piperazine rings is 1. The molecule has 0 saturated carbocycles. The number of benzene rings is 2. The van der Waals surface area contributed by atoms with E-state index in [0.717, 1.165) is 59.6 Å². The van der Waals surface area contributed by atoms with Gasteiger partial charge in [-0.3, -0.25) is 5.10 Å². The van der Waals surface area contributed by atoms with Crippen molar-refractivity contribution in [3.63, 3.8) is 0 Å². The van der Waals surface area contributed by atoms with Crippen LogP contribution in [0.1, 0.15) is 0 Å². The number of aromatic amines is 2. The fourth-order valence-electron chi connectivity index (χ4n) is 3.59. The fourth-order valence-corrected chi connectivity index (χ4v) is 3.59. The number of H-pyrrole nitrogens is 2. The smallest absolute Gasteiger partial charge is 0.159 e. The van der Waals surface area contributed by atoms with Crippen molar-refractivity contribution in [2.75, 3.05) is 43.9 Å². The van der Waals surface area contributed by atoms with Crippen molar-refractivity contribution in [1.29, 1.82) is 0 Å². The minimum atomic E-state index is 0.717. The molecule has 7 heteroatoms. The van der Waals surface area contributed by atoms with Gasteiger partial charge >= 0.3 is 0 Å². The Hall–Kier alpha value is -3.06. The van der Waals surface area contributed by atoms with Crippen LogP contribution in [0.25, 0.3) is 33.5 Å². The molecule has 0 unspecified atom stereocenters. The standard InChI is InChI=1S/C19H21N7/c1-25-6-8-26(9-7-25)13-3-5-15-17(11-13)22-19(21-15)18-14-4-2-12(20)10-16(14)23-24-18/h2-5,10-11H,6-9,20H2,1H3,(H,21,22)(H,23,24). The molecule has 0 bridgehead atoms. The first-order chi connectivity index (χ1) is 12.7. The van der Waals surface area contributed by atoms with Crippen LogP contribution in [0.2, 0.25) is 0 Å². The molecule has 5 rings (SSSR count). The van der Waals surface area contributed by atoms with Crippen molar-refractivity contribution in [3.8, 4) is 11.5 Å². The van der Waals surface area contributed by atoms with Crippen LogP contribution in [-0.2, 0) is 0 Å². The first-order valence-corrected chi connectivity index (χ1v) is 8.84. The molecule has 132 valence electrons. The average molecular weight is 347 g/mol. The predicted octanol–water partition coefficient (Wildman–Crippen LogP) is 2.44. The Bertz CT molecular complexity index is 1090. The van der Waals surface area contributed by atoms with E-state index < -0.39 is 0 Å². The molecule has 4 N–H and O–H groups in total. The van der Waals surface area contributed by atoms with Gasteiger partial charge in [-0.25, -0.2) is 4.98 Å². The molecule has 1 aliphatic rings. The molecule has 2 aromatic heterocycles. The second-order valence-corrected chi connectivity index (χ2v) is 6.95. The number of fused-ring (bicyclic) bond motifs is 2. The van der Waals surface area contributed by atoms with Crippen molar-refractivity contribution >= 4 is 33.3 Å². The highest BCUT2D eigenvalue weighted by Gasteiger charge is 2.16. The third-order valence-electron chi connectivity index (χ3n) is 5.15. The lowest BCUT2D eigenvalue weighted by atomic mass is 10.2. The number of aromatic nitrogens is 4. The molecule has 1 aliphatic heterocycles. The number of nitrogens with zero attached hydrogens (tertiary/aromatic N) is 4. The van der Waals surface area contributed by atoms with E-state index >= 15 is 0 Å². The first-order valence-electron chi connectivity index (χ1n) is 8.84. The minimum Gasteiger partial charge on any atom is -0.399 e. The molecule has 0 aliphatic carbocycles. The number of nitrogens with two attached hydrogens (primary N) is 1. The van der Waals surface area contributed by atoms with Gasteiger partial charge in [-0.15, -0.1) is 0 Å². The van der Waals surface area contributed by atoms with Gasteiger partial charge in [0.2, 0.25) is 0 Å². The summed E-state index contributed by atoms with van der Waals surface area (Å²) in [4.78, 5) is 12.9. The van der Waals surface area contributed by atoms with E-state index in [2.05, 4.69) is 50.2 Å². The number of rotatable bonds is 2. The van der Waals surface area contributed by atoms with Crippen LogP contribution in [0.5, 0.6) is 0 Å². The summed E-state index contributed by atoms with van der Waals surface area (Å²) in [7, 11) is 2.17. The maximum absolute atomic E-state index is 5.85. The van der Waals surface area contributed by atoms with Gasteiger partial charge in [0.05, 0.1) is 16.6 Å². The Labute approximate surface area is 150 Å². The highest BCUT2D eigenvalue weighted by atomic mass is 15.2. The maximum Gasteiger partial charge on any atom is 0.159 e. The van der Waals surface area contributed by atoms with Gasteiger partial charge in [-0.1, -0.05) is 0 Å². The number of likely N-dealkylation sites (N-methyl/N-ethyl adjacent to an activating group) is 1. The van der Waals surface area contributed by atoms with Gasteiger partial charge in [0.25, 0.3) is 0 Å². The van der Waals surface area contributed by atoms with Crippen LogP contribution in [0.15, 0.2) is 36.4 Å². The zero-order valence-corrected chi connectivity index (χ0v) is 14.7. The van der Waals surface area contributed by atoms with Crippen LogP contribution in [-0.4, -0.2) is 58.3 Å². The molecular formula is C19H21N7. The third-order valence-corrected chi connectivity index (χ3v) is 5.15. The zero-order valence-electron chi connectivity index (χ0n) is 14.7. The van der Waals surface area contributed by atoms with Crippen molar-refractivity contribution in [1.82, 2.24) is 25.1 Å². The summed E-state index contributed by atoms with van der Waals surface area (Å²) in [5, 5.41) is 8.48. The van der Waals surface area contributed by atoms with E-state index in [9.17, 15) is 0 Å². The van der Waals surface area contributed by atoms with Gasteiger partial charge in [0.1, 0.15) is 5.69 Å². The molecule has 26 heavy (non-hydrogen) atoms. The number of imidazole rings is 1. The molecule has 3 heterocycles. The maximum atomic E-state index is 5.85. The normalized spacial score (nSPS) is 16.0. The fraction of sp³-hybridized carbons (Fsp3) is 0.263. The lowest BCUT2D eigenvalue weighted by molar-refractivity contribution is 0.313. The van der Waals surface area contributed by atoms with E-state index in [-0.39, 0.29) is 0 Å². The Morgan fingerprint density at radius 1 is 1.00 bits per heavy atom. The summed E-state index contributed by atoms with van der Waals surface area (Å²) in [6.45, 7) is 4.28. The summed E-state index contributed by atoms with van der Waals surface area (Å²) in [6, 6.07) is 12.2. The van der Waals surface area contributed by atoms with E-state index in [0.29, 0.717) is 5.69 Å². The molecule has 0 spiro atoms. The second-order valence-electron chi connectivity index (χ2n) is 6.95. The molecule has 7 nitrogen and oxygen atoms in total. The number of nitrogen functional groups attached to an aromatic ring is 1. The quantitative estimate of drug-likeness (QED) is 0.485. The molecule has 0 amide bonds. The van der Waals surface area contributed by atoms with Gasteiger partial charge in [0.15, 0.2) is 5.82 Å². The summed E-state index contributed by atoms with van der Waals surface area (Å²) >= 11 is 0. The topological polar surface area (TPSA) is 89.9 Å². The van der Waals surface area contributed by atoms with E-state index in [4.69, 9.17) is 10.7 Å². The molecular weight excluding hydrogens is 326 g/mol. The van der Waals surface area contributed by atoms with Crippen LogP contribution in [0.3, 0.4) is 0 Å². The summed E-state index contributed by atoms with van der Waals surface area (Å²) < 4.78 is 0. The van der Waals surface area contributed by atoms with Crippen molar-refractivity contribution in [3.05, 3.63) is 36.4 Å². The lowest BCUT2D eigenvalue weighted by Crippen LogP contribution is -2.44. The Balaban J connectivity index is 1.53. The third kappa shape index (κ3) is 2.48. The Morgan fingerprint density at radius 3 is 2.69 bits per heavy atom. The zero-order chi connectivity index (χ0) is 17.7. The number of anilines is 2. The summed E-state index contributed by atoms with van der Waals surface area (Å²) in [6.07, 6.45) is 0. The van der Waals surface area contributed by atoms with Crippen molar-refractivity contribution in [2.24, 2.45) is 0 Å². The molecule has 0 radical (unpaired) electrons. The highest BCUT2D eigenvalue weighted by Crippen LogP contribution is 2.29. The molecule has 2 aromatic carbocycles. The molecule has 4 aromatic rings. The summed E-state index contributed by atoms with van der Waals surface area (Å²) in [5.41, 5.74) is 11.5. The summed E-state index contributed by atoms with van der Waals surface area (Å²) in [5.74, 6) is 0.770. The average Bonchev–Trinajstić information content (AvgIpc) is 3.24. The predicted molar refractivity (Wildman–Crippen MR) is 105 cm³/mol. The van der Waals surface area contributed by atoms with Gasteiger partial charge in [-0.05, 0) is 43.4 Å². The van der Waals surface area contributed by atoms with E-state index in [1.807, 2.05) is 18.2 Å². The molecule has 1 saturated heterocycles. The second kappa shape index (κ2) is 5.74. The van der Waals surface area contributed by atoms with E-state index in [1.165, 1.54) is 5.69 Å². The van der Waals surface area contributed by atoms with Crippen molar-refractivity contribution in [2.45, 2.75) is 0 Å². The Kier molecular flexibility index (Phi) is 3.36. The van der Waals surface area contributed by atoms with Gasteiger partial charge in [-0.2, -0.15) is 5.10 Å². The molecule has 0 atom stereocenters. The highest BCUT2D eigenvalue weighted by molar-refractivity contribution is 5.94. The minimum absolute atomic E-state index is 0.717. The number of hydrogen-bond acceptors (Lipinski definition) is 5. The van der Waals surface area contributed by atoms with E-state index in [1.54, 1.807) is 0 Å². The lowest BCUT2D eigenvalue weighted by Gasteiger charge is -2.34. The van der Waals surface area contributed by atoms with Crippen LogP contribution < -0.4 is 10.6 Å². The molecule has 1 fully saturated rings. The number of hydrogen-bond donors (Lipinski definition) is 3. The number of nitrogens with one attached hydrogen (secondary N) is 2. The largest absolute Gasteiger partial charge is 0.399 e. The van der Waals surface area contributed by atoms with Crippen LogP contribution >= 0.6 is 0 Å². The van der Waals surface area contributed by atoms with Gasteiger partial charge < -0.3 is 20.5 Å². The van der Waals surface area contributed by atoms with Crippen LogP contribution in [0.4, 0.5) is 11.4 Å². The first kappa shape index (κ1) is 15.2. The van der Waals surface area contributed by atoms with Crippen molar-refractivity contribution < 1.29 is 0 Å². The van der Waals surface area contributed by atoms with Crippen LogP contribution in [0, 0.1) is 0 Å². The van der Waals surface area contributed by atoms with Gasteiger partial charge in [0, 0.05) is 42.9 Å². The SMILES string of the molecule is CN1CCN(c2ccc3nc(-c4n[nH]c5cc(N)ccc45)[nH]c3c2)CC1.